The molecule has 0 spiro atoms. The average Bonchev–Trinajstić information content (AvgIpc) is 2.81. The molecule has 0 bridgehead atoms. The van der Waals surface area contributed by atoms with Crippen LogP contribution < -0.4 is 4.90 Å². The molecule has 2 aliphatic rings. The van der Waals surface area contributed by atoms with Crippen LogP contribution in [0.3, 0.4) is 0 Å². The molecule has 2 aliphatic heterocycles. The highest BCUT2D eigenvalue weighted by molar-refractivity contribution is 7.89. The van der Waals surface area contributed by atoms with Crippen LogP contribution in [0, 0.1) is 19.8 Å². The van der Waals surface area contributed by atoms with Crippen LogP contribution in [0.1, 0.15) is 24.0 Å². The molecular weight excluding hydrogens is 412 g/mol. The van der Waals surface area contributed by atoms with Crippen LogP contribution in [0.2, 0.25) is 0 Å². The number of rotatable bonds is 4. The number of aromatic nitrogens is 1. The number of nitrogens with zero attached hydrogens (tertiary/aromatic N) is 4. The number of anilines is 1. The third-order valence-corrected chi connectivity index (χ3v) is 8.25. The second-order valence-electron chi connectivity index (χ2n) is 8.47. The van der Waals surface area contributed by atoms with Gasteiger partial charge in [0, 0.05) is 63.3 Å². The van der Waals surface area contributed by atoms with Crippen LogP contribution in [0.5, 0.6) is 0 Å². The van der Waals surface area contributed by atoms with E-state index in [-0.39, 0.29) is 16.7 Å². The molecule has 31 heavy (non-hydrogen) atoms. The summed E-state index contributed by atoms with van der Waals surface area (Å²) in [7, 11) is -3.54. The normalized spacial score (nSPS) is 18.9. The lowest BCUT2D eigenvalue weighted by Crippen LogP contribution is -2.52. The van der Waals surface area contributed by atoms with Crippen LogP contribution in [0.4, 0.5) is 5.69 Å². The van der Waals surface area contributed by atoms with Crippen molar-refractivity contribution in [1.29, 1.82) is 0 Å². The fourth-order valence-electron chi connectivity index (χ4n) is 4.48. The average molecular weight is 443 g/mol. The Bertz CT molecular complexity index is 1030. The maximum atomic E-state index is 13.1. The monoisotopic (exact) mass is 442 g/mol. The Kier molecular flexibility index (Phi) is 6.29. The van der Waals surface area contributed by atoms with Gasteiger partial charge < -0.3 is 9.80 Å². The molecule has 0 unspecified atom stereocenters. The molecule has 3 heterocycles. The van der Waals surface area contributed by atoms with Crippen molar-refractivity contribution in [2.75, 3.05) is 44.2 Å². The van der Waals surface area contributed by atoms with E-state index in [1.54, 1.807) is 18.3 Å². The molecule has 8 heteroatoms. The van der Waals surface area contributed by atoms with E-state index >= 15 is 0 Å². The molecule has 166 valence electrons. The number of amides is 1. The van der Waals surface area contributed by atoms with Gasteiger partial charge >= 0.3 is 0 Å². The molecule has 0 radical (unpaired) electrons. The van der Waals surface area contributed by atoms with Gasteiger partial charge in [0.1, 0.15) is 4.90 Å². The number of carbonyl (C=O) groups is 1. The predicted octanol–water partition coefficient (Wildman–Crippen LogP) is 2.45. The van der Waals surface area contributed by atoms with Crippen LogP contribution >= 0.6 is 0 Å². The molecule has 1 aromatic heterocycles. The molecule has 0 N–H and O–H groups in total. The zero-order valence-electron chi connectivity index (χ0n) is 18.2. The minimum Gasteiger partial charge on any atom is -0.368 e. The number of hydrogen-bond acceptors (Lipinski definition) is 5. The Hall–Kier alpha value is -2.45. The lowest BCUT2D eigenvalue weighted by atomic mass is 9.96. The van der Waals surface area contributed by atoms with Gasteiger partial charge in [-0.1, -0.05) is 12.1 Å². The summed E-state index contributed by atoms with van der Waals surface area (Å²) in [6.07, 6.45) is 4.07. The summed E-state index contributed by atoms with van der Waals surface area (Å²) in [5.41, 5.74) is 3.75. The first-order valence-corrected chi connectivity index (χ1v) is 12.3. The molecule has 1 amide bonds. The summed E-state index contributed by atoms with van der Waals surface area (Å²) >= 11 is 0. The quantitative estimate of drug-likeness (QED) is 0.727. The molecule has 0 atom stereocenters. The molecule has 0 aliphatic carbocycles. The van der Waals surface area contributed by atoms with Crippen molar-refractivity contribution in [2.24, 2.45) is 5.92 Å². The Labute approximate surface area is 184 Å². The minimum absolute atomic E-state index is 0.104. The van der Waals surface area contributed by atoms with E-state index in [9.17, 15) is 13.2 Å². The molecule has 2 aromatic rings. The largest absolute Gasteiger partial charge is 0.368 e. The number of sulfonamides is 1. The first kappa shape index (κ1) is 21.8. The maximum Gasteiger partial charge on any atom is 0.244 e. The van der Waals surface area contributed by atoms with E-state index < -0.39 is 10.0 Å². The summed E-state index contributed by atoms with van der Waals surface area (Å²) in [6, 6.07) is 9.68. The van der Waals surface area contributed by atoms with Gasteiger partial charge in [0.05, 0.1) is 0 Å². The Morgan fingerprint density at radius 2 is 1.71 bits per heavy atom. The van der Waals surface area contributed by atoms with Gasteiger partial charge in [-0.15, -0.1) is 0 Å². The second-order valence-corrected chi connectivity index (χ2v) is 10.4. The van der Waals surface area contributed by atoms with E-state index in [1.165, 1.54) is 27.3 Å². The fraction of sp³-hybridized carbons (Fsp3) is 0.478. The zero-order chi connectivity index (χ0) is 22.0. The van der Waals surface area contributed by atoms with Crippen molar-refractivity contribution in [2.45, 2.75) is 31.6 Å². The number of piperazine rings is 1. The number of hydrogen-bond donors (Lipinski definition) is 0. The number of pyridine rings is 1. The van der Waals surface area contributed by atoms with Gasteiger partial charge in [-0.05, 0) is 56.0 Å². The van der Waals surface area contributed by atoms with E-state index in [0.717, 1.165) is 13.1 Å². The minimum atomic E-state index is -3.54. The number of aryl methyl sites for hydroxylation is 2. The van der Waals surface area contributed by atoms with E-state index in [2.05, 4.69) is 41.9 Å². The molecule has 2 saturated heterocycles. The standard InChI is InChI=1S/C23H30N4O3S/c1-18-5-6-19(2)22(16-18)25-12-14-26(15-13-25)23(28)20-7-10-27(11-8-20)31(29,30)21-4-3-9-24-17-21/h3-6,9,16-17,20H,7-8,10-15H2,1-2H3. The fourth-order valence-corrected chi connectivity index (χ4v) is 5.91. The molecule has 4 rings (SSSR count). The van der Waals surface area contributed by atoms with Crippen molar-refractivity contribution < 1.29 is 13.2 Å². The van der Waals surface area contributed by atoms with Gasteiger partial charge in [-0.2, -0.15) is 4.31 Å². The Balaban J connectivity index is 1.32. The topological polar surface area (TPSA) is 73.8 Å². The predicted molar refractivity (Wildman–Crippen MR) is 120 cm³/mol. The van der Waals surface area contributed by atoms with Gasteiger partial charge in [0.25, 0.3) is 0 Å². The number of benzene rings is 1. The number of carbonyl (C=O) groups excluding carboxylic acids is 1. The van der Waals surface area contributed by atoms with Crippen molar-refractivity contribution in [3.63, 3.8) is 0 Å². The Morgan fingerprint density at radius 3 is 2.35 bits per heavy atom. The highest BCUT2D eigenvalue weighted by Gasteiger charge is 2.34. The van der Waals surface area contributed by atoms with E-state index in [4.69, 9.17) is 0 Å². The van der Waals surface area contributed by atoms with Crippen molar-refractivity contribution >= 4 is 21.6 Å². The first-order valence-electron chi connectivity index (χ1n) is 10.9. The summed E-state index contributed by atoms with van der Waals surface area (Å²) in [6.45, 7) is 8.03. The van der Waals surface area contributed by atoms with Crippen LogP contribution in [-0.4, -0.2) is 67.8 Å². The van der Waals surface area contributed by atoms with Gasteiger partial charge in [0.2, 0.25) is 15.9 Å². The third-order valence-electron chi connectivity index (χ3n) is 6.37. The highest BCUT2D eigenvalue weighted by atomic mass is 32.2. The van der Waals surface area contributed by atoms with Gasteiger partial charge in [0.15, 0.2) is 0 Å². The zero-order valence-corrected chi connectivity index (χ0v) is 19.0. The SMILES string of the molecule is Cc1ccc(C)c(N2CCN(C(=O)C3CCN(S(=O)(=O)c4cccnc4)CC3)CC2)c1. The van der Waals surface area contributed by atoms with Crippen LogP contribution in [0.25, 0.3) is 0 Å². The van der Waals surface area contributed by atoms with E-state index in [1.807, 2.05) is 4.90 Å². The summed E-state index contributed by atoms with van der Waals surface area (Å²) in [5.74, 6) is 0.0617. The molecule has 7 nitrogen and oxygen atoms in total. The maximum absolute atomic E-state index is 13.1. The molecule has 1 aromatic carbocycles. The molecular formula is C23H30N4O3S. The molecule has 2 fully saturated rings. The van der Waals surface area contributed by atoms with Crippen molar-refractivity contribution in [1.82, 2.24) is 14.2 Å². The summed E-state index contributed by atoms with van der Waals surface area (Å²) in [4.78, 5) is 21.5. The van der Waals surface area contributed by atoms with Crippen LogP contribution in [0.15, 0.2) is 47.6 Å². The van der Waals surface area contributed by atoms with Gasteiger partial charge in [-0.3, -0.25) is 9.78 Å². The lowest BCUT2D eigenvalue weighted by molar-refractivity contribution is -0.137. The first-order chi connectivity index (χ1) is 14.9. The highest BCUT2D eigenvalue weighted by Crippen LogP contribution is 2.27. The summed E-state index contributed by atoms with van der Waals surface area (Å²) < 4.78 is 27.0. The van der Waals surface area contributed by atoms with Crippen molar-refractivity contribution in [3.05, 3.63) is 53.9 Å². The van der Waals surface area contributed by atoms with Crippen LogP contribution in [-0.2, 0) is 14.8 Å². The lowest BCUT2D eigenvalue weighted by Gasteiger charge is -2.39. The number of piperidine rings is 1. The second kappa shape index (κ2) is 8.96. The molecule has 0 saturated carbocycles. The summed E-state index contributed by atoms with van der Waals surface area (Å²) in [5, 5.41) is 0. The van der Waals surface area contributed by atoms with Gasteiger partial charge in [-0.25, -0.2) is 8.42 Å². The third kappa shape index (κ3) is 4.60. The van der Waals surface area contributed by atoms with E-state index in [0.29, 0.717) is 39.0 Å². The van der Waals surface area contributed by atoms with Crippen molar-refractivity contribution in [3.8, 4) is 0 Å². The Morgan fingerprint density at radius 1 is 1.00 bits per heavy atom. The smallest absolute Gasteiger partial charge is 0.244 e.